The highest BCUT2D eigenvalue weighted by Gasteiger charge is 2.65. The van der Waals surface area contributed by atoms with Crippen molar-refractivity contribution in [3.8, 4) is 0 Å². The number of sulfonamides is 1. The van der Waals surface area contributed by atoms with E-state index in [1.807, 2.05) is 0 Å². The highest BCUT2D eigenvalue weighted by Crippen LogP contribution is 2.49. The average Bonchev–Trinajstić information content (AvgIpc) is 2.96. The van der Waals surface area contributed by atoms with Gasteiger partial charge in [0.15, 0.2) is 0 Å². The summed E-state index contributed by atoms with van der Waals surface area (Å²) >= 11 is 3.09. The van der Waals surface area contributed by atoms with Crippen molar-refractivity contribution in [2.75, 3.05) is 5.73 Å². The molecule has 19 heavy (non-hydrogen) atoms. The van der Waals surface area contributed by atoms with Crippen LogP contribution < -0.4 is 10.5 Å². The molecular formula is C10H10BrF3N2O2S. The zero-order valence-corrected chi connectivity index (χ0v) is 11.9. The quantitative estimate of drug-likeness (QED) is 0.815. The van der Waals surface area contributed by atoms with Crippen LogP contribution in [0, 0.1) is 0 Å². The van der Waals surface area contributed by atoms with Crippen molar-refractivity contribution >= 4 is 31.6 Å². The van der Waals surface area contributed by atoms with Crippen molar-refractivity contribution < 1.29 is 21.6 Å². The number of anilines is 1. The molecule has 0 bridgehead atoms. The number of rotatable bonds is 3. The standard InChI is InChI=1S/C10H10BrF3N2O2S/c11-6-1-2-8(7(15)5-6)19(17,18)16-9(3-4-9)10(12,13)14/h1-2,5,16H,3-4,15H2. The van der Waals surface area contributed by atoms with Gasteiger partial charge in [-0.15, -0.1) is 0 Å². The van der Waals surface area contributed by atoms with E-state index in [9.17, 15) is 21.6 Å². The zero-order valence-electron chi connectivity index (χ0n) is 9.46. The topological polar surface area (TPSA) is 72.2 Å². The van der Waals surface area contributed by atoms with Gasteiger partial charge in [0.2, 0.25) is 10.0 Å². The lowest BCUT2D eigenvalue weighted by molar-refractivity contribution is -0.160. The van der Waals surface area contributed by atoms with E-state index in [-0.39, 0.29) is 23.4 Å². The number of nitrogens with one attached hydrogen (secondary N) is 1. The maximum absolute atomic E-state index is 12.7. The van der Waals surface area contributed by atoms with Crippen LogP contribution in [0.2, 0.25) is 0 Å². The third kappa shape index (κ3) is 2.72. The van der Waals surface area contributed by atoms with Gasteiger partial charge < -0.3 is 5.73 Å². The molecule has 1 aliphatic carbocycles. The predicted octanol–water partition coefficient (Wildman–Crippen LogP) is 2.40. The Hall–Kier alpha value is -0.800. The number of alkyl halides is 3. The Morgan fingerprint density at radius 2 is 1.89 bits per heavy atom. The molecule has 0 heterocycles. The molecule has 0 atom stereocenters. The molecule has 1 saturated carbocycles. The Kier molecular flexibility index (Phi) is 3.35. The molecule has 9 heteroatoms. The number of benzene rings is 1. The van der Waals surface area contributed by atoms with Gasteiger partial charge in [-0.1, -0.05) is 15.9 Å². The minimum atomic E-state index is -4.61. The van der Waals surface area contributed by atoms with Crippen LogP contribution in [0.4, 0.5) is 18.9 Å². The van der Waals surface area contributed by atoms with Crippen LogP contribution in [-0.4, -0.2) is 20.1 Å². The number of nitrogen functional groups attached to an aromatic ring is 1. The van der Waals surface area contributed by atoms with Crippen LogP contribution in [0.15, 0.2) is 27.6 Å². The number of hydrogen-bond donors (Lipinski definition) is 2. The van der Waals surface area contributed by atoms with Crippen LogP contribution in [0.3, 0.4) is 0 Å². The Bertz CT molecular complexity index is 612. The first-order chi connectivity index (χ1) is 8.57. The second-order valence-electron chi connectivity index (χ2n) is 4.37. The Balaban J connectivity index is 2.34. The number of halogens is 4. The fraction of sp³-hybridized carbons (Fsp3) is 0.400. The molecule has 1 aromatic rings. The SMILES string of the molecule is Nc1cc(Br)ccc1S(=O)(=O)NC1(C(F)(F)F)CC1. The summed E-state index contributed by atoms with van der Waals surface area (Å²) < 4.78 is 64.4. The van der Waals surface area contributed by atoms with E-state index in [0.29, 0.717) is 4.47 Å². The van der Waals surface area contributed by atoms with E-state index in [2.05, 4.69) is 15.9 Å². The zero-order chi connectivity index (χ0) is 14.5. The van der Waals surface area contributed by atoms with E-state index in [0.717, 1.165) is 6.07 Å². The van der Waals surface area contributed by atoms with Gasteiger partial charge in [0, 0.05) is 4.47 Å². The average molecular weight is 359 g/mol. The predicted molar refractivity (Wildman–Crippen MR) is 66.9 cm³/mol. The molecule has 1 aliphatic rings. The van der Waals surface area contributed by atoms with Crippen LogP contribution in [-0.2, 0) is 10.0 Å². The van der Waals surface area contributed by atoms with Crippen LogP contribution in [0.5, 0.6) is 0 Å². The number of hydrogen-bond acceptors (Lipinski definition) is 3. The summed E-state index contributed by atoms with van der Waals surface area (Å²) in [4.78, 5) is -0.355. The van der Waals surface area contributed by atoms with E-state index in [1.165, 1.54) is 12.1 Å². The molecule has 1 fully saturated rings. The number of nitrogens with two attached hydrogens (primary N) is 1. The highest BCUT2D eigenvalue weighted by atomic mass is 79.9. The highest BCUT2D eigenvalue weighted by molar-refractivity contribution is 9.10. The molecule has 0 spiro atoms. The first kappa shape index (κ1) is 14.6. The van der Waals surface area contributed by atoms with Crippen molar-refractivity contribution in [2.45, 2.75) is 29.5 Å². The molecule has 2 rings (SSSR count). The Morgan fingerprint density at radius 3 is 2.32 bits per heavy atom. The fourth-order valence-electron chi connectivity index (χ4n) is 1.64. The second kappa shape index (κ2) is 4.35. The molecule has 0 unspecified atom stereocenters. The summed E-state index contributed by atoms with van der Waals surface area (Å²) in [7, 11) is -4.30. The van der Waals surface area contributed by atoms with Gasteiger partial charge in [-0.05, 0) is 31.0 Å². The first-order valence-electron chi connectivity index (χ1n) is 5.23. The van der Waals surface area contributed by atoms with Crippen molar-refractivity contribution in [1.82, 2.24) is 4.72 Å². The summed E-state index contributed by atoms with van der Waals surface area (Å²) in [5.41, 5.74) is 3.07. The van der Waals surface area contributed by atoms with E-state index >= 15 is 0 Å². The minimum Gasteiger partial charge on any atom is -0.398 e. The molecule has 1 aromatic carbocycles. The lowest BCUT2D eigenvalue weighted by Crippen LogP contribution is -2.47. The normalized spacial score (nSPS) is 18.3. The summed E-state index contributed by atoms with van der Waals surface area (Å²) in [6.07, 6.45) is -5.12. The van der Waals surface area contributed by atoms with Gasteiger partial charge >= 0.3 is 6.18 Å². The first-order valence-corrected chi connectivity index (χ1v) is 7.51. The summed E-state index contributed by atoms with van der Waals surface area (Å²) in [6.45, 7) is 0. The Morgan fingerprint density at radius 1 is 1.32 bits per heavy atom. The molecule has 4 nitrogen and oxygen atoms in total. The van der Waals surface area contributed by atoms with Crippen LogP contribution in [0.1, 0.15) is 12.8 Å². The van der Waals surface area contributed by atoms with E-state index < -0.39 is 21.7 Å². The third-order valence-corrected chi connectivity index (χ3v) is 4.99. The largest absolute Gasteiger partial charge is 0.407 e. The molecule has 0 aliphatic heterocycles. The van der Waals surface area contributed by atoms with Gasteiger partial charge in [-0.25, -0.2) is 8.42 Å². The Labute approximate surface area is 116 Å². The minimum absolute atomic E-state index is 0.111. The van der Waals surface area contributed by atoms with E-state index in [1.54, 1.807) is 4.72 Å². The third-order valence-electron chi connectivity index (χ3n) is 2.88. The molecule has 0 radical (unpaired) electrons. The molecule has 0 aromatic heterocycles. The summed E-state index contributed by atoms with van der Waals surface area (Å²) in [5, 5.41) is 0. The molecule has 3 N–H and O–H groups in total. The van der Waals surface area contributed by atoms with Crippen molar-refractivity contribution in [3.05, 3.63) is 22.7 Å². The summed E-state index contributed by atoms with van der Waals surface area (Å²) in [6, 6.07) is 3.88. The van der Waals surface area contributed by atoms with Gasteiger partial charge in [-0.3, -0.25) is 0 Å². The van der Waals surface area contributed by atoms with Crippen LogP contribution >= 0.6 is 15.9 Å². The molecule has 106 valence electrons. The maximum atomic E-state index is 12.7. The van der Waals surface area contributed by atoms with Gasteiger partial charge in [0.1, 0.15) is 10.4 Å². The van der Waals surface area contributed by atoms with Gasteiger partial charge in [-0.2, -0.15) is 17.9 Å². The molecule has 0 saturated heterocycles. The van der Waals surface area contributed by atoms with Gasteiger partial charge in [0.25, 0.3) is 0 Å². The smallest absolute Gasteiger partial charge is 0.398 e. The van der Waals surface area contributed by atoms with Crippen molar-refractivity contribution in [3.63, 3.8) is 0 Å². The van der Waals surface area contributed by atoms with Crippen LogP contribution in [0.25, 0.3) is 0 Å². The van der Waals surface area contributed by atoms with Crippen molar-refractivity contribution in [2.24, 2.45) is 0 Å². The second-order valence-corrected chi connectivity index (χ2v) is 6.93. The lowest BCUT2D eigenvalue weighted by atomic mass is 10.3. The molecule has 0 amide bonds. The summed E-state index contributed by atoms with van der Waals surface area (Å²) in [5.74, 6) is 0. The lowest BCUT2D eigenvalue weighted by Gasteiger charge is -2.21. The maximum Gasteiger partial charge on any atom is 0.407 e. The molecular weight excluding hydrogens is 349 g/mol. The van der Waals surface area contributed by atoms with E-state index in [4.69, 9.17) is 5.73 Å². The fourth-order valence-corrected chi connectivity index (χ4v) is 3.58. The van der Waals surface area contributed by atoms with Gasteiger partial charge in [0.05, 0.1) is 5.69 Å². The monoisotopic (exact) mass is 358 g/mol. The van der Waals surface area contributed by atoms with Crippen molar-refractivity contribution in [1.29, 1.82) is 0 Å².